The van der Waals surface area contributed by atoms with Crippen LogP contribution in [0, 0.1) is 5.92 Å². The van der Waals surface area contributed by atoms with E-state index in [9.17, 15) is 21.6 Å². The summed E-state index contributed by atoms with van der Waals surface area (Å²) >= 11 is 0. The highest BCUT2D eigenvalue weighted by Crippen LogP contribution is 2.39. The van der Waals surface area contributed by atoms with Gasteiger partial charge in [0.1, 0.15) is 0 Å². The summed E-state index contributed by atoms with van der Waals surface area (Å²) in [5, 5.41) is 8.05. The Labute approximate surface area is 205 Å². The Morgan fingerprint density at radius 3 is 2.54 bits per heavy atom. The van der Waals surface area contributed by atoms with Crippen LogP contribution in [0.15, 0.2) is 48.3 Å². The topological polar surface area (TPSA) is 64.7 Å². The van der Waals surface area contributed by atoms with E-state index in [1.807, 2.05) is 42.6 Å². The molecule has 0 bridgehead atoms. The predicted octanol–water partition coefficient (Wildman–Crippen LogP) is 4.89. The SMILES string of the molecule is O=S(=O)(N1Cc2c(ccc3ccccc23)N(CC2=CNCN2)[C@@H](CCC2CCCC2)C1)C(F)(F)F.[HH]. The zero-order valence-corrected chi connectivity index (χ0v) is 20.3. The zero-order valence-electron chi connectivity index (χ0n) is 19.5. The van der Waals surface area contributed by atoms with Crippen molar-refractivity contribution < 1.29 is 23.0 Å². The van der Waals surface area contributed by atoms with Crippen molar-refractivity contribution in [3.8, 4) is 0 Å². The van der Waals surface area contributed by atoms with Crippen molar-refractivity contribution >= 4 is 26.5 Å². The van der Waals surface area contributed by atoms with Crippen LogP contribution in [0.1, 0.15) is 45.5 Å². The molecule has 35 heavy (non-hydrogen) atoms. The van der Waals surface area contributed by atoms with E-state index >= 15 is 0 Å². The third-order valence-electron chi connectivity index (χ3n) is 7.56. The van der Waals surface area contributed by atoms with Crippen LogP contribution in [-0.4, -0.2) is 44.0 Å². The van der Waals surface area contributed by atoms with Crippen molar-refractivity contribution in [2.24, 2.45) is 5.92 Å². The maximum absolute atomic E-state index is 13.8. The lowest BCUT2D eigenvalue weighted by atomic mass is 9.97. The first-order valence-electron chi connectivity index (χ1n) is 12.2. The van der Waals surface area contributed by atoms with E-state index in [0.717, 1.165) is 41.4 Å². The maximum atomic E-state index is 13.8. The summed E-state index contributed by atoms with van der Waals surface area (Å²) in [5.74, 6) is 0.550. The Bertz CT molecular complexity index is 1220. The molecule has 6 nitrogen and oxygen atoms in total. The van der Waals surface area contributed by atoms with Crippen molar-refractivity contribution in [2.75, 3.05) is 24.7 Å². The first-order chi connectivity index (χ1) is 16.7. The minimum atomic E-state index is -5.49. The number of nitrogens with one attached hydrogen (secondary N) is 2. The standard InChI is InChI=1S/C25H31F3N4O2S.H2/c26-25(27,28)35(33,34)31-15-21(11-9-18-5-1-2-6-18)32(14-20-13-29-17-30-20)24-12-10-19-7-3-4-8-22(19)23(24)16-31;/h3-4,7-8,10,12-13,18,21,29-30H,1-2,5-6,9,11,14-17H2;1H/t21-;/m0./s1. The van der Waals surface area contributed by atoms with Gasteiger partial charge in [0.2, 0.25) is 0 Å². The first kappa shape index (κ1) is 24.2. The predicted molar refractivity (Wildman–Crippen MR) is 133 cm³/mol. The minimum Gasteiger partial charge on any atom is -0.372 e. The molecule has 1 atom stereocenters. The third kappa shape index (κ3) is 4.82. The molecule has 0 amide bonds. The van der Waals surface area contributed by atoms with Crippen LogP contribution >= 0.6 is 0 Å². The molecule has 192 valence electrons. The van der Waals surface area contributed by atoms with Gasteiger partial charge in [-0.05, 0) is 41.2 Å². The number of nitrogens with zero attached hydrogens (tertiary/aromatic N) is 2. The van der Waals surface area contributed by atoms with E-state index < -0.39 is 15.5 Å². The molecule has 3 aliphatic rings. The molecule has 0 aromatic heterocycles. The Balaban J connectivity index is 0.00000304. The molecular formula is C25H33F3N4O2S. The summed E-state index contributed by atoms with van der Waals surface area (Å²) in [7, 11) is -5.49. The lowest BCUT2D eigenvalue weighted by Gasteiger charge is -2.35. The van der Waals surface area contributed by atoms with Gasteiger partial charge in [-0.2, -0.15) is 17.5 Å². The van der Waals surface area contributed by atoms with Gasteiger partial charge in [-0.25, -0.2) is 8.42 Å². The fraction of sp³-hybridized carbons (Fsp3) is 0.520. The van der Waals surface area contributed by atoms with Crippen LogP contribution < -0.4 is 15.5 Å². The number of fused-ring (bicyclic) bond motifs is 3. The number of halogens is 3. The van der Waals surface area contributed by atoms with Gasteiger partial charge in [0.15, 0.2) is 0 Å². The first-order valence-corrected chi connectivity index (χ1v) is 13.7. The quantitative estimate of drug-likeness (QED) is 0.580. The number of hydrogen-bond acceptors (Lipinski definition) is 5. The molecule has 5 rings (SSSR count). The highest BCUT2D eigenvalue weighted by Gasteiger charge is 2.51. The number of benzene rings is 2. The van der Waals surface area contributed by atoms with Gasteiger partial charge in [-0.3, -0.25) is 0 Å². The zero-order chi connectivity index (χ0) is 24.6. The normalized spacial score (nSPS) is 22.0. The summed E-state index contributed by atoms with van der Waals surface area (Å²) in [5.41, 5.74) is -3.00. The van der Waals surface area contributed by atoms with Crippen LogP contribution in [-0.2, 0) is 16.6 Å². The minimum absolute atomic E-state index is 0. The molecule has 1 saturated carbocycles. The van der Waals surface area contributed by atoms with Crippen LogP contribution in [0.5, 0.6) is 0 Å². The van der Waals surface area contributed by atoms with Gasteiger partial charge in [-0.15, -0.1) is 0 Å². The Morgan fingerprint density at radius 1 is 1.06 bits per heavy atom. The van der Waals surface area contributed by atoms with E-state index in [4.69, 9.17) is 0 Å². The number of hydrogen-bond donors (Lipinski definition) is 2. The summed E-state index contributed by atoms with van der Waals surface area (Å²) < 4.78 is 67.3. The second-order valence-corrected chi connectivity index (χ2v) is 11.7. The smallest absolute Gasteiger partial charge is 0.372 e. The molecule has 1 aliphatic carbocycles. The van der Waals surface area contributed by atoms with Crippen molar-refractivity contribution in [1.82, 2.24) is 14.9 Å². The highest BCUT2D eigenvalue weighted by molar-refractivity contribution is 7.89. The van der Waals surface area contributed by atoms with E-state index in [1.54, 1.807) is 0 Å². The number of alkyl halides is 3. The average Bonchev–Trinajstić information content (AvgIpc) is 3.51. The van der Waals surface area contributed by atoms with Crippen molar-refractivity contribution in [3.63, 3.8) is 0 Å². The molecule has 2 N–H and O–H groups in total. The summed E-state index contributed by atoms with van der Waals surface area (Å²) in [4.78, 5) is 2.12. The molecule has 2 heterocycles. The number of anilines is 1. The van der Waals surface area contributed by atoms with E-state index in [1.165, 1.54) is 12.8 Å². The molecule has 0 unspecified atom stereocenters. The van der Waals surface area contributed by atoms with Crippen LogP contribution in [0.25, 0.3) is 10.8 Å². The van der Waals surface area contributed by atoms with Crippen molar-refractivity contribution in [1.29, 1.82) is 0 Å². The van der Waals surface area contributed by atoms with E-state index in [-0.39, 0.29) is 20.6 Å². The molecule has 2 aromatic carbocycles. The van der Waals surface area contributed by atoms with Gasteiger partial charge < -0.3 is 15.5 Å². The Kier molecular flexibility index (Phi) is 6.61. The number of sulfonamides is 1. The Morgan fingerprint density at radius 2 is 1.83 bits per heavy atom. The summed E-state index contributed by atoms with van der Waals surface area (Å²) in [6.07, 6.45) is 8.04. The molecule has 10 heteroatoms. The van der Waals surface area contributed by atoms with Gasteiger partial charge in [0.05, 0.1) is 13.2 Å². The van der Waals surface area contributed by atoms with Crippen LogP contribution in [0.3, 0.4) is 0 Å². The van der Waals surface area contributed by atoms with E-state index in [2.05, 4.69) is 15.5 Å². The molecule has 0 radical (unpaired) electrons. The molecule has 1 fully saturated rings. The summed E-state index contributed by atoms with van der Waals surface area (Å²) in [6, 6.07) is 11.0. The van der Waals surface area contributed by atoms with E-state index in [0.29, 0.717) is 35.4 Å². The van der Waals surface area contributed by atoms with Crippen molar-refractivity contribution in [2.45, 2.75) is 56.6 Å². The molecular weight excluding hydrogens is 477 g/mol. The lowest BCUT2D eigenvalue weighted by Crippen LogP contribution is -2.48. The monoisotopic (exact) mass is 510 g/mol. The van der Waals surface area contributed by atoms with Crippen LogP contribution in [0.4, 0.5) is 18.9 Å². The van der Waals surface area contributed by atoms with Gasteiger partial charge in [0, 0.05) is 38.1 Å². The van der Waals surface area contributed by atoms with Gasteiger partial charge in [0.25, 0.3) is 0 Å². The van der Waals surface area contributed by atoms with Gasteiger partial charge >= 0.3 is 15.5 Å². The molecule has 2 aliphatic heterocycles. The Hall–Kier alpha value is -2.46. The second-order valence-electron chi connectivity index (χ2n) is 9.76. The fourth-order valence-electron chi connectivity index (χ4n) is 5.72. The fourth-order valence-corrected chi connectivity index (χ4v) is 6.68. The average molecular weight is 511 g/mol. The maximum Gasteiger partial charge on any atom is 0.511 e. The second kappa shape index (κ2) is 9.54. The van der Waals surface area contributed by atoms with Crippen molar-refractivity contribution in [3.05, 3.63) is 53.9 Å². The van der Waals surface area contributed by atoms with Gasteiger partial charge in [-0.1, -0.05) is 56.0 Å². The largest absolute Gasteiger partial charge is 0.511 e. The highest BCUT2D eigenvalue weighted by atomic mass is 32.2. The summed E-state index contributed by atoms with van der Waals surface area (Å²) in [6.45, 7) is 0.556. The molecule has 0 spiro atoms. The number of rotatable bonds is 6. The lowest BCUT2D eigenvalue weighted by molar-refractivity contribution is -0.0492. The third-order valence-corrected chi connectivity index (χ3v) is 9.11. The molecule has 2 aromatic rings. The molecule has 0 saturated heterocycles. The van der Waals surface area contributed by atoms with Crippen LogP contribution in [0.2, 0.25) is 0 Å².